The molecule has 3 heterocycles. The number of thiophene rings is 1. The van der Waals surface area contributed by atoms with E-state index in [1.807, 2.05) is 53.4 Å². The van der Waals surface area contributed by atoms with E-state index in [4.69, 9.17) is 9.26 Å². The van der Waals surface area contributed by atoms with E-state index in [-0.39, 0.29) is 0 Å². The minimum Gasteiger partial charge on any atom is -0.496 e. The van der Waals surface area contributed by atoms with Crippen molar-refractivity contribution in [1.82, 2.24) is 24.9 Å². The maximum absolute atomic E-state index is 5.38. The Hall–Kier alpha value is -2.65. The van der Waals surface area contributed by atoms with Crippen LogP contribution >= 0.6 is 23.1 Å². The molecule has 4 rings (SSSR count). The van der Waals surface area contributed by atoms with Gasteiger partial charge in [-0.2, -0.15) is 4.98 Å². The van der Waals surface area contributed by atoms with Crippen LogP contribution in [0.3, 0.4) is 0 Å². The average molecular weight is 385 g/mol. The zero-order valence-electron chi connectivity index (χ0n) is 14.1. The highest BCUT2D eigenvalue weighted by Gasteiger charge is 2.16. The molecule has 0 atom stereocenters. The van der Waals surface area contributed by atoms with E-state index < -0.39 is 0 Å². The van der Waals surface area contributed by atoms with Crippen LogP contribution in [0.5, 0.6) is 5.75 Å². The number of rotatable bonds is 6. The standard InChI is InChI=1S/C17H15N5O2S2/c1-22-15(13-8-5-9-25-13)19-20-17(22)26-10-14-18-16(24-21-14)11-6-3-4-7-12(11)23-2/h3-9H,10H2,1-2H3. The van der Waals surface area contributed by atoms with Gasteiger partial charge in [-0.05, 0) is 23.6 Å². The Kier molecular flexibility index (Phi) is 4.72. The summed E-state index contributed by atoms with van der Waals surface area (Å²) in [5, 5.41) is 15.4. The molecule has 0 bridgehead atoms. The van der Waals surface area contributed by atoms with Crippen LogP contribution in [-0.2, 0) is 12.8 Å². The van der Waals surface area contributed by atoms with E-state index in [0.717, 1.165) is 21.4 Å². The van der Waals surface area contributed by atoms with Gasteiger partial charge in [0.25, 0.3) is 5.89 Å². The third-order valence-electron chi connectivity index (χ3n) is 3.71. The van der Waals surface area contributed by atoms with Crippen LogP contribution < -0.4 is 4.74 Å². The summed E-state index contributed by atoms with van der Waals surface area (Å²) in [5.74, 6) is 3.12. The van der Waals surface area contributed by atoms with E-state index >= 15 is 0 Å². The van der Waals surface area contributed by atoms with Crippen molar-refractivity contribution in [3.63, 3.8) is 0 Å². The van der Waals surface area contributed by atoms with Gasteiger partial charge in [0, 0.05) is 7.05 Å². The Morgan fingerprint density at radius 3 is 2.88 bits per heavy atom. The summed E-state index contributed by atoms with van der Waals surface area (Å²) >= 11 is 3.15. The van der Waals surface area contributed by atoms with Gasteiger partial charge in [-0.25, -0.2) is 0 Å². The van der Waals surface area contributed by atoms with Crippen molar-refractivity contribution in [1.29, 1.82) is 0 Å². The number of nitrogens with zero attached hydrogens (tertiary/aromatic N) is 5. The number of methoxy groups -OCH3 is 1. The fourth-order valence-corrected chi connectivity index (χ4v) is 3.93. The molecule has 132 valence electrons. The zero-order chi connectivity index (χ0) is 17.9. The first-order valence-corrected chi connectivity index (χ1v) is 9.65. The zero-order valence-corrected chi connectivity index (χ0v) is 15.8. The average Bonchev–Trinajstić information content (AvgIpc) is 3.41. The van der Waals surface area contributed by atoms with E-state index in [9.17, 15) is 0 Å². The first kappa shape index (κ1) is 16.8. The van der Waals surface area contributed by atoms with Gasteiger partial charge in [0.1, 0.15) is 5.75 Å². The number of para-hydroxylation sites is 1. The maximum Gasteiger partial charge on any atom is 0.261 e. The van der Waals surface area contributed by atoms with Crippen LogP contribution in [0.1, 0.15) is 5.82 Å². The Morgan fingerprint density at radius 1 is 1.19 bits per heavy atom. The smallest absolute Gasteiger partial charge is 0.261 e. The largest absolute Gasteiger partial charge is 0.496 e. The molecule has 7 nitrogen and oxygen atoms in total. The van der Waals surface area contributed by atoms with Gasteiger partial charge in [0.2, 0.25) is 0 Å². The lowest BCUT2D eigenvalue weighted by Crippen LogP contribution is -1.94. The number of ether oxygens (including phenoxy) is 1. The highest BCUT2D eigenvalue weighted by Crippen LogP contribution is 2.30. The fraction of sp³-hybridized carbons (Fsp3) is 0.176. The predicted molar refractivity (Wildman–Crippen MR) is 100 cm³/mol. The fourth-order valence-electron chi connectivity index (χ4n) is 2.43. The van der Waals surface area contributed by atoms with E-state index in [0.29, 0.717) is 23.2 Å². The minimum absolute atomic E-state index is 0.440. The first-order valence-electron chi connectivity index (χ1n) is 7.78. The van der Waals surface area contributed by atoms with E-state index in [2.05, 4.69) is 20.3 Å². The van der Waals surface area contributed by atoms with Crippen molar-refractivity contribution in [3.05, 3.63) is 47.6 Å². The lowest BCUT2D eigenvalue weighted by molar-refractivity contribution is 0.403. The van der Waals surface area contributed by atoms with Crippen LogP contribution in [0, 0.1) is 0 Å². The summed E-state index contributed by atoms with van der Waals surface area (Å²) in [6.07, 6.45) is 0. The second kappa shape index (κ2) is 7.30. The summed E-state index contributed by atoms with van der Waals surface area (Å²) in [6.45, 7) is 0. The van der Waals surface area contributed by atoms with Gasteiger partial charge < -0.3 is 13.8 Å². The molecule has 0 aliphatic rings. The normalized spacial score (nSPS) is 11.0. The van der Waals surface area contributed by atoms with Crippen LogP contribution in [-0.4, -0.2) is 32.0 Å². The monoisotopic (exact) mass is 385 g/mol. The van der Waals surface area contributed by atoms with Gasteiger partial charge in [-0.15, -0.1) is 21.5 Å². The molecule has 0 fully saturated rings. The summed E-state index contributed by atoms with van der Waals surface area (Å²) in [7, 11) is 3.57. The molecule has 1 aromatic carbocycles. The summed E-state index contributed by atoms with van der Waals surface area (Å²) in [4.78, 5) is 5.54. The molecule has 0 spiro atoms. The van der Waals surface area contributed by atoms with Crippen molar-refractivity contribution in [2.45, 2.75) is 10.9 Å². The predicted octanol–water partition coefficient (Wildman–Crippen LogP) is 3.89. The molecule has 3 aromatic heterocycles. The Labute approximate surface area is 158 Å². The number of aromatic nitrogens is 5. The SMILES string of the molecule is COc1ccccc1-c1nc(CSc2nnc(-c3cccs3)n2C)no1. The molecule has 0 saturated carbocycles. The second-order valence-corrected chi connectivity index (χ2v) is 7.24. The molecule has 0 unspecified atom stereocenters. The molecule has 4 aromatic rings. The third-order valence-corrected chi connectivity index (χ3v) is 5.59. The Bertz CT molecular complexity index is 1010. The van der Waals surface area contributed by atoms with E-state index in [1.165, 1.54) is 11.8 Å². The summed E-state index contributed by atoms with van der Waals surface area (Å²) < 4.78 is 12.7. The van der Waals surface area contributed by atoms with Gasteiger partial charge in [0.15, 0.2) is 16.8 Å². The molecule has 0 saturated heterocycles. The van der Waals surface area contributed by atoms with Crippen molar-refractivity contribution in [2.24, 2.45) is 7.05 Å². The van der Waals surface area contributed by atoms with Gasteiger partial charge in [-0.1, -0.05) is 35.1 Å². The van der Waals surface area contributed by atoms with Crippen LogP contribution in [0.15, 0.2) is 51.5 Å². The van der Waals surface area contributed by atoms with Crippen LogP contribution in [0.2, 0.25) is 0 Å². The van der Waals surface area contributed by atoms with Crippen LogP contribution in [0.4, 0.5) is 0 Å². The van der Waals surface area contributed by atoms with Crippen molar-refractivity contribution < 1.29 is 9.26 Å². The summed E-state index contributed by atoms with van der Waals surface area (Å²) in [5.41, 5.74) is 0.775. The van der Waals surface area contributed by atoms with Gasteiger partial charge in [-0.3, -0.25) is 0 Å². The molecule has 9 heteroatoms. The molecule has 0 radical (unpaired) electrons. The lowest BCUT2D eigenvalue weighted by atomic mass is 10.2. The molecule has 0 aliphatic heterocycles. The highest BCUT2D eigenvalue weighted by molar-refractivity contribution is 7.98. The van der Waals surface area contributed by atoms with Crippen molar-refractivity contribution >= 4 is 23.1 Å². The first-order chi connectivity index (χ1) is 12.8. The van der Waals surface area contributed by atoms with Crippen molar-refractivity contribution in [3.8, 4) is 27.9 Å². The number of hydrogen-bond donors (Lipinski definition) is 0. The molecule has 0 amide bonds. The topological polar surface area (TPSA) is 78.9 Å². The third kappa shape index (κ3) is 3.23. The molecular formula is C17H15N5O2S2. The van der Waals surface area contributed by atoms with Gasteiger partial charge >= 0.3 is 0 Å². The molecule has 0 N–H and O–H groups in total. The molecule has 26 heavy (non-hydrogen) atoms. The molecule has 0 aliphatic carbocycles. The molecular weight excluding hydrogens is 370 g/mol. The van der Waals surface area contributed by atoms with Gasteiger partial charge in [0.05, 0.1) is 23.3 Å². The highest BCUT2D eigenvalue weighted by atomic mass is 32.2. The minimum atomic E-state index is 0.440. The van der Waals surface area contributed by atoms with E-state index in [1.54, 1.807) is 18.4 Å². The quantitative estimate of drug-likeness (QED) is 0.466. The number of thioether (sulfide) groups is 1. The lowest BCUT2D eigenvalue weighted by Gasteiger charge is -2.02. The second-order valence-electron chi connectivity index (χ2n) is 5.35. The Morgan fingerprint density at radius 2 is 2.08 bits per heavy atom. The number of hydrogen-bond acceptors (Lipinski definition) is 8. The van der Waals surface area contributed by atoms with Crippen molar-refractivity contribution in [2.75, 3.05) is 7.11 Å². The maximum atomic E-state index is 5.38. The number of benzene rings is 1. The van der Waals surface area contributed by atoms with Crippen LogP contribution in [0.25, 0.3) is 22.2 Å². The summed E-state index contributed by atoms with van der Waals surface area (Å²) in [6, 6.07) is 11.6. The Balaban J connectivity index is 1.49.